The number of hydrogen-bond donors (Lipinski definition) is 4. The second-order valence-electron chi connectivity index (χ2n) is 8.98. The van der Waals surface area contributed by atoms with Crippen LogP contribution in [0.1, 0.15) is 36.4 Å². The average Bonchev–Trinajstić information content (AvgIpc) is 3.54. The molecule has 5 rings (SSSR count). The lowest BCUT2D eigenvalue weighted by Gasteiger charge is -2.35. The normalized spacial score (nSPS) is 19.7. The van der Waals surface area contributed by atoms with Crippen molar-refractivity contribution >= 4 is 10.9 Å². The summed E-state index contributed by atoms with van der Waals surface area (Å²) in [6, 6.07) is 17.1. The third kappa shape index (κ3) is 5.00. The number of aryl methyl sites for hydroxylation is 1. The lowest BCUT2D eigenvalue weighted by molar-refractivity contribution is 0.191. The highest BCUT2D eigenvalue weighted by atomic mass is 16.3. The average molecular weight is 445 g/mol. The van der Waals surface area contributed by atoms with Crippen molar-refractivity contribution in [2.45, 2.75) is 37.8 Å². The minimum absolute atomic E-state index is 0.0125. The zero-order valence-corrected chi connectivity index (χ0v) is 18.8. The summed E-state index contributed by atoms with van der Waals surface area (Å²) in [5, 5.41) is 26.4. The summed E-state index contributed by atoms with van der Waals surface area (Å²) in [5.74, 6) is 0.550. The summed E-state index contributed by atoms with van der Waals surface area (Å²) in [5.41, 5.74) is 4.74. The van der Waals surface area contributed by atoms with Gasteiger partial charge in [0.2, 0.25) is 0 Å². The molecule has 3 heterocycles. The first-order valence-electron chi connectivity index (χ1n) is 11.9. The van der Waals surface area contributed by atoms with E-state index in [1.807, 2.05) is 22.8 Å². The van der Waals surface area contributed by atoms with Crippen LogP contribution in [0.3, 0.4) is 0 Å². The number of aromatic nitrogens is 4. The number of nitrogens with one attached hydrogen (secondary N) is 3. The van der Waals surface area contributed by atoms with Crippen LogP contribution in [-0.4, -0.2) is 50.6 Å². The molecule has 4 aromatic rings. The fourth-order valence-corrected chi connectivity index (χ4v) is 5.07. The van der Waals surface area contributed by atoms with Crippen molar-refractivity contribution in [1.29, 1.82) is 0 Å². The monoisotopic (exact) mass is 444 g/mol. The Morgan fingerprint density at radius 3 is 2.79 bits per heavy atom. The number of H-pyrrole nitrogens is 1. The maximum Gasteiger partial charge on any atom is 0.123 e. The summed E-state index contributed by atoms with van der Waals surface area (Å²) >= 11 is 0. The quantitative estimate of drug-likeness (QED) is 0.318. The number of aliphatic hydroxyl groups is 1. The van der Waals surface area contributed by atoms with Gasteiger partial charge < -0.3 is 20.7 Å². The van der Waals surface area contributed by atoms with Gasteiger partial charge in [-0.05, 0) is 74.0 Å². The zero-order valence-electron chi connectivity index (χ0n) is 18.8. The second kappa shape index (κ2) is 10.3. The number of fused-ring (bicyclic) bond motifs is 1. The molecule has 33 heavy (non-hydrogen) atoms. The molecule has 7 nitrogen and oxygen atoms in total. The van der Waals surface area contributed by atoms with Gasteiger partial charge >= 0.3 is 0 Å². The third-order valence-electron chi connectivity index (χ3n) is 6.90. The molecule has 0 aliphatic carbocycles. The third-order valence-corrected chi connectivity index (χ3v) is 6.90. The molecule has 1 saturated heterocycles. The molecular weight excluding hydrogens is 412 g/mol. The topological polar surface area (TPSA) is 90.8 Å². The molecule has 1 fully saturated rings. The van der Waals surface area contributed by atoms with Crippen molar-refractivity contribution in [1.82, 2.24) is 30.4 Å². The van der Waals surface area contributed by atoms with Gasteiger partial charge in [-0.2, -0.15) is 0 Å². The number of nitrogens with zero attached hydrogens (tertiary/aromatic N) is 3. The van der Waals surface area contributed by atoms with E-state index in [9.17, 15) is 5.11 Å². The Morgan fingerprint density at radius 1 is 1.12 bits per heavy atom. The van der Waals surface area contributed by atoms with Crippen LogP contribution in [0.25, 0.3) is 16.6 Å². The van der Waals surface area contributed by atoms with Crippen LogP contribution < -0.4 is 10.6 Å². The Kier molecular flexibility index (Phi) is 6.81. The van der Waals surface area contributed by atoms with Gasteiger partial charge in [-0.1, -0.05) is 30.3 Å². The fourth-order valence-electron chi connectivity index (χ4n) is 5.07. The Morgan fingerprint density at radius 2 is 1.97 bits per heavy atom. The number of aliphatic hydroxyl groups excluding tert-OH is 1. The van der Waals surface area contributed by atoms with Crippen LogP contribution in [0.5, 0.6) is 0 Å². The predicted molar refractivity (Wildman–Crippen MR) is 130 cm³/mol. The fraction of sp³-hybridized carbons (Fsp3) is 0.385. The van der Waals surface area contributed by atoms with Crippen LogP contribution in [-0.2, 0) is 6.42 Å². The number of benzene rings is 2. The van der Waals surface area contributed by atoms with Gasteiger partial charge in [0.15, 0.2) is 0 Å². The van der Waals surface area contributed by atoms with E-state index in [1.165, 1.54) is 10.9 Å². The first kappa shape index (κ1) is 21.8. The van der Waals surface area contributed by atoms with Crippen molar-refractivity contribution in [3.63, 3.8) is 0 Å². The standard InChI is InChI=1S/C26H32N6O/c33-16-26(19-5-2-1-3-6-19)31-24-11-12-27-14-21(24)8-4-7-20-15-28-25-10-9-22(13-23(20)25)32-17-29-30-18-32/h1-3,5-6,9-10,13,15,17-18,21,24,26-28,31,33H,4,7-8,11-12,14,16H2/t21?,24-,26?/m0/s1. The minimum atomic E-state index is -0.0125. The Labute approximate surface area is 194 Å². The van der Waals surface area contributed by atoms with Crippen molar-refractivity contribution in [2.24, 2.45) is 5.92 Å². The number of hydrogen-bond acceptors (Lipinski definition) is 5. The van der Waals surface area contributed by atoms with Crippen LogP contribution in [0.4, 0.5) is 0 Å². The van der Waals surface area contributed by atoms with Crippen LogP contribution in [0.15, 0.2) is 67.4 Å². The summed E-state index contributed by atoms with van der Waals surface area (Å²) in [4.78, 5) is 3.42. The molecule has 1 aliphatic heterocycles. The summed E-state index contributed by atoms with van der Waals surface area (Å²) in [6.45, 7) is 2.16. The highest BCUT2D eigenvalue weighted by molar-refractivity contribution is 5.85. The SMILES string of the molecule is OCC(N[C@H]1CCNCC1CCCc1c[nH]c2ccc(-n3cnnc3)cc12)c1ccccc1. The Bertz CT molecular complexity index is 1140. The van der Waals surface area contributed by atoms with Gasteiger partial charge in [0.1, 0.15) is 12.7 Å². The highest BCUT2D eigenvalue weighted by Gasteiger charge is 2.27. The molecule has 7 heteroatoms. The molecule has 0 spiro atoms. The highest BCUT2D eigenvalue weighted by Crippen LogP contribution is 2.26. The van der Waals surface area contributed by atoms with E-state index in [-0.39, 0.29) is 12.6 Å². The molecular formula is C26H32N6O. The number of rotatable bonds is 9. The Balaban J connectivity index is 1.23. The lowest BCUT2D eigenvalue weighted by Crippen LogP contribution is -2.49. The first-order valence-corrected chi connectivity index (χ1v) is 11.9. The molecule has 0 amide bonds. The van der Waals surface area contributed by atoms with Crippen molar-refractivity contribution in [2.75, 3.05) is 19.7 Å². The summed E-state index contributed by atoms with van der Waals surface area (Å²) in [7, 11) is 0. The molecule has 172 valence electrons. The molecule has 1 aliphatic rings. The molecule has 0 bridgehead atoms. The zero-order chi connectivity index (χ0) is 22.5. The first-order chi connectivity index (χ1) is 16.3. The molecule has 0 saturated carbocycles. The van der Waals surface area contributed by atoms with Gasteiger partial charge in [-0.25, -0.2) is 0 Å². The number of aromatic amines is 1. The van der Waals surface area contributed by atoms with Crippen molar-refractivity contribution < 1.29 is 5.11 Å². The molecule has 3 atom stereocenters. The van der Waals surface area contributed by atoms with E-state index in [0.717, 1.165) is 55.5 Å². The van der Waals surface area contributed by atoms with Gasteiger partial charge in [0, 0.05) is 28.8 Å². The van der Waals surface area contributed by atoms with Gasteiger partial charge in [-0.15, -0.1) is 10.2 Å². The summed E-state index contributed by atoms with van der Waals surface area (Å²) in [6.07, 6.45) is 10.0. The maximum atomic E-state index is 10.00. The van der Waals surface area contributed by atoms with E-state index in [2.05, 4.69) is 62.3 Å². The van der Waals surface area contributed by atoms with E-state index in [1.54, 1.807) is 12.7 Å². The van der Waals surface area contributed by atoms with E-state index >= 15 is 0 Å². The number of piperidine rings is 1. The van der Waals surface area contributed by atoms with Crippen LogP contribution >= 0.6 is 0 Å². The molecule has 4 N–H and O–H groups in total. The maximum absolute atomic E-state index is 10.00. The molecule has 2 unspecified atom stereocenters. The molecule has 2 aromatic carbocycles. The minimum Gasteiger partial charge on any atom is -0.394 e. The van der Waals surface area contributed by atoms with E-state index in [0.29, 0.717) is 12.0 Å². The van der Waals surface area contributed by atoms with Crippen molar-refractivity contribution in [3.8, 4) is 5.69 Å². The smallest absolute Gasteiger partial charge is 0.123 e. The van der Waals surface area contributed by atoms with Gasteiger partial charge in [0.05, 0.1) is 12.6 Å². The van der Waals surface area contributed by atoms with Crippen LogP contribution in [0, 0.1) is 5.92 Å². The van der Waals surface area contributed by atoms with Gasteiger partial charge in [0.25, 0.3) is 0 Å². The largest absolute Gasteiger partial charge is 0.394 e. The lowest BCUT2D eigenvalue weighted by atomic mass is 9.87. The van der Waals surface area contributed by atoms with Crippen LogP contribution in [0.2, 0.25) is 0 Å². The second-order valence-corrected chi connectivity index (χ2v) is 8.98. The predicted octanol–water partition coefficient (Wildman–Crippen LogP) is 3.37. The molecule has 2 aromatic heterocycles. The van der Waals surface area contributed by atoms with E-state index < -0.39 is 0 Å². The van der Waals surface area contributed by atoms with E-state index in [4.69, 9.17) is 0 Å². The van der Waals surface area contributed by atoms with Crippen molar-refractivity contribution in [3.05, 3.63) is 78.5 Å². The van der Waals surface area contributed by atoms with Gasteiger partial charge in [-0.3, -0.25) is 4.57 Å². The Hall–Kier alpha value is -3.00. The molecule has 0 radical (unpaired) electrons. The summed E-state index contributed by atoms with van der Waals surface area (Å²) < 4.78 is 1.94.